The van der Waals surface area contributed by atoms with Crippen LogP contribution in [-0.2, 0) is 6.54 Å². The summed E-state index contributed by atoms with van der Waals surface area (Å²) in [6.45, 7) is 10.2. The van der Waals surface area contributed by atoms with Crippen LogP contribution in [0.2, 0.25) is 0 Å². The number of benzene rings is 1. The van der Waals surface area contributed by atoms with Crippen molar-refractivity contribution in [3.8, 4) is 0 Å². The second kappa shape index (κ2) is 8.43. The monoisotopic (exact) mass is 288 g/mol. The van der Waals surface area contributed by atoms with Gasteiger partial charge in [0, 0.05) is 31.4 Å². The van der Waals surface area contributed by atoms with E-state index < -0.39 is 0 Å². The highest BCUT2D eigenvalue weighted by molar-refractivity contribution is 5.53. The molecule has 0 radical (unpaired) electrons. The van der Waals surface area contributed by atoms with Crippen LogP contribution in [-0.4, -0.2) is 19.1 Å². The molecular weight excluding hydrogens is 256 g/mol. The summed E-state index contributed by atoms with van der Waals surface area (Å²) in [6, 6.07) is 9.47. The van der Waals surface area contributed by atoms with Gasteiger partial charge >= 0.3 is 0 Å². The Balaban J connectivity index is 2.03. The number of hydrogen-bond donors (Lipinski definition) is 1. The van der Waals surface area contributed by atoms with Crippen LogP contribution in [0.4, 0.5) is 5.69 Å². The molecule has 0 spiro atoms. The molecule has 0 saturated carbocycles. The minimum absolute atomic E-state index is 0.538. The van der Waals surface area contributed by atoms with Crippen molar-refractivity contribution < 1.29 is 0 Å². The Bertz CT molecular complexity index is 414. The third kappa shape index (κ3) is 5.03. The first-order valence-electron chi connectivity index (χ1n) is 8.77. The summed E-state index contributed by atoms with van der Waals surface area (Å²) in [5, 5.41) is 3.56. The maximum absolute atomic E-state index is 3.56. The molecule has 1 aliphatic heterocycles. The van der Waals surface area contributed by atoms with Gasteiger partial charge in [-0.25, -0.2) is 0 Å². The quantitative estimate of drug-likeness (QED) is 0.823. The van der Waals surface area contributed by atoms with Gasteiger partial charge in [-0.1, -0.05) is 51.8 Å². The van der Waals surface area contributed by atoms with Crippen molar-refractivity contribution >= 4 is 5.69 Å². The minimum atomic E-state index is 0.538. The molecule has 2 rings (SSSR count). The molecular formula is C19H32N2. The van der Waals surface area contributed by atoms with E-state index in [-0.39, 0.29) is 0 Å². The fourth-order valence-electron chi connectivity index (χ4n) is 3.39. The zero-order chi connectivity index (χ0) is 15.1. The SMILES string of the molecule is CCCC1CCCN(c2ccccc2CNC(C)C)CC1. The van der Waals surface area contributed by atoms with Crippen molar-refractivity contribution in [1.29, 1.82) is 0 Å². The van der Waals surface area contributed by atoms with Crippen LogP contribution in [0.15, 0.2) is 24.3 Å². The van der Waals surface area contributed by atoms with E-state index >= 15 is 0 Å². The highest BCUT2D eigenvalue weighted by Gasteiger charge is 2.18. The van der Waals surface area contributed by atoms with Gasteiger partial charge < -0.3 is 10.2 Å². The zero-order valence-corrected chi connectivity index (χ0v) is 14.1. The lowest BCUT2D eigenvalue weighted by Crippen LogP contribution is -2.28. The molecule has 1 aliphatic rings. The maximum Gasteiger partial charge on any atom is 0.0411 e. The molecule has 0 amide bonds. The molecule has 0 aromatic heterocycles. The first kappa shape index (κ1) is 16.4. The lowest BCUT2D eigenvalue weighted by atomic mass is 9.96. The fourth-order valence-corrected chi connectivity index (χ4v) is 3.39. The Labute approximate surface area is 130 Å². The van der Waals surface area contributed by atoms with Crippen molar-refractivity contribution in [3.63, 3.8) is 0 Å². The van der Waals surface area contributed by atoms with Gasteiger partial charge in [0.05, 0.1) is 0 Å². The molecule has 1 unspecified atom stereocenters. The van der Waals surface area contributed by atoms with Crippen molar-refractivity contribution in [2.45, 2.75) is 65.5 Å². The maximum atomic E-state index is 3.56. The summed E-state index contributed by atoms with van der Waals surface area (Å²) in [4.78, 5) is 2.62. The van der Waals surface area contributed by atoms with Gasteiger partial charge in [-0.15, -0.1) is 0 Å². The molecule has 1 N–H and O–H groups in total. The predicted molar refractivity (Wildman–Crippen MR) is 92.9 cm³/mol. The van der Waals surface area contributed by atoms with Gasteiger partial charge in [-0.05, 0) is 36.8 Å². The molecule has 2 nitrogen and oxygen atoms in total. The highest BCUT2D eigenvalue weighted by atomic mass is 15.1. The molecule has 118 valence electrons. The van der Waals surface area contributed by atoms with Crippen LogP contribution in [0.5, 0.6) is 0 Å². The van der Waals surface area contributed by atoms with Gasteiger partial charge in [0.25, 0.3) is 0 Å². The Morgan fingerprint density at radius 1 is 1.19 bits per heavy atom. The van der Waals surface area contributed by atoms with E-state index in [1.807, 2.05) is 0 Å². The molecule has 1 aromatic carbocycles. The number of nitrogens with one attached hydrogen (secondary N) is 1. The smallest absolute Gasteiger partial charge is 0.0411 e. The molecule has 0 bridgehead atoms. The zero-order valence-electron chi connectivity index (χ0n) is 14.1. The minimum Gasteiger partial charge on any atom is -0.371 e. The average molecular weight is 288 g/mol. The summed E-state index contributed by atoms with van der Waals surface area (Å²) in [7, 11) is 0. The van der Waals surface area contributed by atoms with Crippen molar-refractivity contribution in [2.75, 3.05) is 18.0 Å². The molecule has 1 fully saturated rings. The van der Waals surface area contributed by atoms with Crippen molar-refractivity contribution in [1.82, 2.24) is 5.32 Å². The van der Waals surface area contributed by atoms with E-state index in [0.717, 1.165) is 12.5 Å². The first-order valence-corrected chi connectivity index (χ1v) is 8.77. The molecule has 2 heteroatoms. The Kier molecular flexibility index (Phi) is 6.56. The second-order valence-electron chi connectivity index (χ2n) is 6.74. The lowest BCUT2D eigenvalue weighted by molar-refractivity contribution is 0.435. The van der Waals surface area contributed by atoms with Crippen LogP contribution < -0.4 is 10.2 Å². The second-order valence-corrected chi connectivity index (χ2v) is 6.74. The Morgan fingerprint density at radius 3 is 2.76 bits per heavy atom. The third-order valence-corrected chi connectivity index (χ3v) is 4.58. The fraction of sp³-hybridized carbons (Fsp3) is 0.684. The van der Waals surface area contributed by atoms with Crippen LogP contribution >= 0.6 is 0 Å². The van der Waals surface area contributed by atoms with Gasteiger partial charge in [-0.2, -0.15) is 0 Å². The summed E-state index contributed by atoms with van der Waals surface area (Å²) >= 11 is 0. The largest absolute Gasteiger partial charge is 0.371 e. The van der Waals surface area contributed by atoms with E-state index in [4.69, 9.17) is 0 Å². The molecule has 1 heterocycles. The van der Waals surface area contributed by atoms with Crippen LogP contribution in [0.25, 0.3) is 0 Å². The number of anilines is 1. The molecule has 21 heavy (non-hydrogen) atoms. The number of hydrogen-bond acceptors (Lipinski definition) is 2. The summed E-state index contributed by atoms with van der Waals surface area (Å²) in [6.07, 6.45) is 6.86. The van der Waals surface area contributed by atoms with E-state index in [1.165, 1.54) is 56.4 Å². The van der Waals surface area contributed by atoms with E-state index in [9.17, 15) is 0 Å². The summed E-state index contributed by atoms with van der Waals surface area (Å²) in [5.74, 6) is 0.945. The Morgan fingerprint density at radius 2 is 2.00 bits per heavy atom. The Hall–Kier alpha value is -1.02. The number of rotatable bonds is 6. The van der Waals surface area contributed by atoms with Crippen molar-refractivity contribution in [2.24, 2.45) is 5.92 Å². The molecule has 1 saturated heterocycles. The van der Waals surface area contributed by atoms with Gasteiger partial charge in [0.15, 0.2) is 0 Å². The van der Waals surface area contributed by atoms with Crippen LogP contribution in [0, 0.1) is 5.92 Å². The number of nitrogens with zero attached hydrogens (tertiary/aromatic N) is 1. The van der Waals surface area contributed by atoms with Gasteiger partial charge in [0.1, 0.15) is 0 Å². The topological polar surface area (TPSA) is 15.3 Å². The first-order chi connectivity index (χ1) is 10.2. The predicted octanol–water partition coefficient (Wildman–Crippen LogP) is 4.59. The third-order valence-electron chi connectivity index (χ3n) is 4.58. The van der Waals surface area contributed by atoms with E-state index in [0.29, 0.717) is 6.04 Å². The number of para-hydroxylation sites is 1. The van der Waals surface area contributed by atoms with Crippen LogP contribution in [0.1, 0.15) is 58.4 Å². The molecule has 0 aliphatic carbocycles. The standard InChI is InChI=1S/C19H32N2/c1-4-8-17-9-7-13-21(14-12-17)19-11-6-5-10-18(19)15-20-16(2)3/h5-6,10-11,16-17,20H,4,7-9,12-15H2,1-3H3. The highest BCUT2D eigenvalue weighted by Crippen LogP contribution is 2.27. The lowest BCUT2D eigenvalue weighted by Gasteiger charge is -2.26. The summed E-state index contributed by atoms with van der Waals surface area (Å²) < 4.78 is 0. The van der Waals surface area contributed by atoms with E-state index in [2.05, 4.69) is 55.3 Å². The molecule has 1 aromatic rings. The van der Waals surface area contributed by atoms with E-state index in [1.54, 1.807) is 0 Å². The summed E-state index contributed by atoms with van der Waals surface area (Å²) in [5.41, 5.74) is 2.89. The van der Waals surface area contributed by atoms with Crippen molar-refractivity contribution in [3.05, 3.63) is 29.8 Å². The average Bonchev–Trinajstić information content (AvgIpc) is 2.71. The normalized spacial score (nSPS) is 19.8. The van der Waals surface area contributed by atoms with Gasteiger partial charge in [0.2, 0.25) is 0 Å². The van der Waals surface area contributed by atoms with Crippen LogP contribution in [0.3, 0.4) is 0 Å². The molecule has 1 atom stereocenters. The van der Waals surface area contributed by atoms with Gasteiger partial charge in [-0.3, -0.25) is 0 Å².